The van der Waals surface area contributed by atoms with Crippen LogP contribution in [0.1, 0.15) is 57.7 Å². The molecule has 0 atom stereocenters. The van der Waals surface area contributed by atoms with Gasteiger partial charge in [-0.2, -0.15) is 0 Å². The zero-order valence-corrected chi connectivity index (χ0v) is 17.1. The van der Waals surface area contributed by atoms with Crippen LogP contribution in [0.4, 0.5) is 0 Å². The zero-order chi connectivity index (χ0) is 17.9. The highest BCUT2D eigenvalue weighted by Crippen LogP contribution is 2.34. The summed E-state index contributed by atoms with van der Waals surface area (Å²) in [7, 11) is 1.92. The molecule has 1 aliphatic carbocycles. The number of ether oxygens (including phenoxy) is 1. The molecule has 2 rings (SSSR count). The number of hydrogen-bond acceptors (Lipinski definition) is 3. The van der Waals surface area contributed by atoms with Crippen LogP contribution < -0.4 is 4.74 Å². The fourth-order valence-electron chi connectivity index (χ4n) is 3.28. The molecule has 1 heterocycles. The van der Waals surface area contributed by atoms with Crippen LogP contribution in [0.3, 0.4) is 0 Å². The number of amidine groups is 1. The first-order valence-electron chi connectivity index (χ1n) is 8.97. The molecule has 134 valence electrons. The summed E-state index contributed by atoms with van der Waals surface area (Å²) in [6.07, 6.45) is 4.94. The standard InChI is InChI=1S/C19H30BrN3O/c1-6-23(5)18(21)16-11-17(20)19(22-13(16)4)24-15-9-7-14(8-10-15)12(2)3/h11-12,14-15,21H,6-10H2,1-5H3/t14-,15+. The van der Waals surface area contributed by atoms with Gasteiger partial charge in [0.2, 0.25) is 5.88 Å². The van der Waals surface area contributed by atoms with Crippen LogP contribution in [0, 0.1) is 24.2 Å². The number of aryl methyl sites for hydroxylation is 1. The average molecular weight is 396 g/mol. The third-order valence-electron chi connectivity index (χ3n) is 5.19. The van der Waals surface area contributed by atoms with Crippen molar-refractivity contribution in [3.05, 3.63) is 21.8 Å². The van der Waals surface area contributed by atoms with Crippen LogP contribution >= 0.6 is 15.9 Å². The number of aromatic nitrogens is 1. The highest BCUT2D eigenvalue weighted by Gasteiger charge is 2.25. The average Bonchev–Trinajstić information content (AvgIpc) is 2.57. The van der Waals surface area contributed by atoms with Crippen LogP contribution in [-0.2, 0) is 0 Å². The minimum absolute atomic E-state index is 0.256. The Morgan fingerprint density at radius 2 is 2.00 bits per heavy atom. The first-order chi connectivity index (χ1) is 11.3. The molecule has 0 amide bonds. The summed E-state index contributed by atoms with van der Waals surface area (Å²) in [5.41, 5.74) is 1.69. The third-order valence-corrected chi connectivity index (χ3v) is 5.75. The van der Waals surface area contributed by atoms with E-state index in [1.807, 2.05) is 31.9 Å². The number of nitrogens with zero attached hydrogens (tertiary/aromatic N) is 2. The molecule has 1 aromatic heterocycles. The van der Waals surface area contributed by atoms with E-state index in [2.05, 4.69) is 34.8 Å². The fourth-order valence-corrected chi connectivity index (χ4v) is 3.69. The lowest BCUT2D eigenvalue weighted by molar-refractivity contribution is 0.111. The van der Waals surface area contributed by atoms with Crippen molar-refractivity contribution in [3.63, 3.8) is 0 Å². The Bertz CT molecular complexity index is 580. The number of rotatable bonds is 5. The molecule has 1 aromatic rings. The second-order valence-electron chi connectivity index (χ2n) is 7.17. The molecule has 4 nitrogen and oxygen atoms in total. The van der Waals surface area contributed by atoms with Crippen molar-refractivity contribution in [2.75, 3.05) is 13.6 Å². The molecule has 0 unspecified atom stereocenters. The van der Waals surface area contributed by atoms with Gasteiger partial charge < -0.3 is 9.64 Å². The minimum atomic E-state index is 0.256. The molecule has 1 N–H and O–H groups in total. The van der Waals surface area contributed by atoms with E-state index in [9.17, 15) is 0 Å². The van der Waals surface area contributed by atoms with Gasteiger partial charge in [-0.25, -0.2) is 4.98 Å². The SMILES string of the molecule is CCN(C)C(=N)c1cc(Br)c(O[C@H]2CC[C@@H](C(C)C)CC2)nc1C. The Kier molecular flexibility index (Phi) is 6.67. The van der Waals surface area contributed by atoms with Gasteiger partial charge in [-0.3, -0.25) is 5.41 Å². The van der Waals surface area contributed by atoms with Crippen LogP contribution in [-0.4, -0.2) is 35.4 Å². The molecule has 24 heavy (non-hydrogen) atoms. The van der Waals surface area contributed by atoms with E-state index >= 15 is 0 Å². The van der Waals surface area contributed by atoms with E-state index in [1.54, 1.807) is 0 Å². The summed E-state index contributed by atoms with van der Waals surface area (Å²) in [5, 5.41) is 8.28. The number of halogens is 1. The molecule has 0 bridgehead atoms. The topological polar surface area (TPSA) is 49.2 Å². The quantitative estimate of drug-likeness (QED) is 0.561. The number of pyridine rings is 1. The number of nitrogens with one attached hydrogen (secondary N) is 1. The van der Waals surface area contributed by atoms with Crippen molar-refractivity contribution >= 4 is 21.8 Å². The molecular formula is C19H30BrN3O. The van der Waals surface area contributed by atoms with Gasteiger partial charge in [-0.05, 0) is 73.4 Å². The Hall–Kier alpha value is -1.10. The first kappa shape index (κ1) is 19.2. The van der Waals surface area contributed by atoms with Crippen molar-refractivity contribution < 1.29 is 4.74 Å². The fraction of sp³-hybridized carbons (Fsp3) is 0.684. The monoisotopic (exact) mass is 395 g/mol. The normalized spacial score (nSPS) is 21.0. The van der Waals surface area contributed by atoms with Gasteiger partial charge >= 0.3 is 0 Å². The van der Waals surface area contributed by atoms with Gasteiger partial charge in [-0.1, -0.05) is 13.8 Å². The highest BCUT2D eigenvalue weighted by atomic mass is 79.9. The highest BCUT2D eigenvalue weighted by molar-refractivity contribution is 9.10. The summed E-state index contributed by atoms with van der Waals surface area (Å²) in [6.45, 7) is 9.41. The maximum Gasteiger partial charge on any atom is 0.228 e. The lowest BCUT2D eigenvalue weighted by atomic mass is 9.80. The van der Waals surface area contributed by atoms with Crippen LogP contribution in [0.5, 0.6) is 5.88 Å². The van der Waals surface area contributed by atoms with E-state index in [4.69, 9.17) is 10.1 Å². The molecule has 1 fully saturated rings. The minimum Gasteiger partial charge on any atom is -0.474 e. The second-order valence-corrected chi connectivity index (χ2v) is 8.02. The van der Waals surface area contributed by atoms with E-state index in [-0.39, 0.29) is 6.10 Å². The van der Waals surface area contributed by atoms with E-state index in [0.717, 1.165) is 47.0 Å². The third kappa shape index (κ3) is 4.50. The smallest absolute Gasteiger partial charge is 0.228 e. The summed E-state index contributed by atoms with van der Waals surface area (Å²) in [6, 6.07) is 1.96. The number of hydrogen-bond donors (Lipinski definition) is 1. The van der Waals surface area contributed by atoms with Crippen LogP contribution in [0.25, 0.3) is 0 Å². The van der Waals surface area contributed by atoms with Crippen molar-refractivity contribution in [1.82, 2.24) is 9.88 Å². The maximum absolute atomic E-state index is 8.28. The van der Waals surface area contributed by atoms with Gasteiger partial charge in [0.05, 0.1) is 10.2 Å². The molecule has 0 aliphatic heterocycles. The molecule has 0 radical (unpaired) electrons. The van der Waals surface area contributed by atoms with Gasteiger partial charge in [0.25, 0.3) is 0 Å². The Labute approximate surface area is 154 Å². The van der Waals surface area contributed by atoms with Crippen LogP contribution in [0.2, 0.25) is 0 Å². The predicted octanol–water partition coefficient (Wildman–Crippen LogP) is 5.02. The Morgan fingerprint density at radius 1 is 1.38 bits per heavy atom. The van der Waals surface area contributed by atoms with Gasteiger partial charge in [-0.15, -0.1) is 0 Å². The maximum atomic E-state index is 8.28. The Balaban J connectivity index is 2.07. The van der Waals surface area contributed by atoms with E-state index in [0.29, 0.717) is 11.7 Å². The first-order valence-corrected chi connectivity index (χ1v) is 9.76. The molecule has 0 spiro atoms. The molecule has 5 heteroatoms. The van der Waals surface area contributed by atoms with E-state index in [1.165, 1.54) is 12.8 Å². The van der Waals surface area contributed by atoms with Crippen molar-refractivity contribution in [2.45, 2.75) is 59.5 Å². The summed E-state index contributed by atoms with van der Waals surface area (Å²) < 4.78 is 7.01. The molecule has 0 saturated heterocycles. The second kappa shape index (κ2) is 8.32. The molecule has 0 aromatic carbocycles. The lowest BCUT2D eigenvalue weighted by Gasteiger charge is -2.31. The van der Waals surface area contributed by atoms with Gasteiger partial charge in [0, 0.05) is 19.2 Å². The summed E-state index contributed by atoms with van der Waals surface area (Å²) in [4.78, 5) is 6.53. The van der Waals surface area contributed by atoms with Crippen molar-refractivity contribution in [3.8, 4) is 5.88 Å². The van der Waals surface area contributed by atoms with Crippen molar-refractivity contribution in [2.24, 2.45) is 11.8 Å². The van der Waals surface area contributed by atoms with Crippen molar-refractivity contribution in [1.29, 1.82) is 5.41 Å². The summed E-state index contributed by atoms with van der Waals surface area (Å²) >= 11 is 3.58. The predicted molar refractivity (Wildman–Crippen MR) is 103 cm³/mol. The largest absolute Gasteiger partial charge is 0.474 e. The summed E-state index contributed by atoms with van der Waals surface area (Å²) in [5.74, 6) is 2.75. The molecule has 1 saturated carbocycles. The lowest BCUT2D eigenvalue weighted by Crippen LogP contribution is -2.28. The van der Waals surface area contributed by atoms with E-state index < -0.39 is 0 Å². The molecule has 1 aliphatic rings. The molecular weight excluding hydrogens is 366 g/mol. The van der Waals surface area contributed by atoms with Gasteiger partial charge in [0.15, 0.2) is 0 Å². The zero-order valence-electron chi connectivity index (χ0n) is 15.5. The van der Waals surface area contributed by atoms with Gasteiger partial charge in [0.1, 0.15) is 11.9 Å². The van der Waals surface area contributed by atoms with Crippen LogP contribution in [0.15, 0.2) is 10.5 Å². The Morgan fingerprint density at radius 3 is 2.54 bits per heavy atom.